The van der Waals surface area contributed by atoms with Crippen LogP contribution in [-0.4, -0.2) is 45.0 Å². The van der Waals surface area contributed by atoms with Gasteiger partial charge in [-0.2, -0.15) is 0 Å². The van der Waals surface area contributed by atoms with Crippen molar-refractivity contribution in [1.82, 2.24) is 4.90 Å². The first-order chi connectivity index (χ1) is 13.6. The maximum Gasteiger partial charge on any atom is 0.224 e. The molecule has 6 nitrogen and oxygen atoms in total. The van der Waals surface area contributed by atoms with Gasteiger partial charge in [0.15, 0.2) is 11.5 Å². The molecule has 0 saturated carbocycles. The Hall–Kier alpha value is -2.54. The molecule has 28 heavy (non-hydrogen) atoms. The lowest BCUT2D eigenvalue weighted by Crippen LogP contribution is -2.36. The molecule has 1 fully saturated rings. The zero-order valence-corrected chi connectivity index (χ0v) is 17.4. The highest BCUT2D eigenvalue weighted by Crippen LogP contribution is 2.48. The summed E-state index contributed by atoms with van der Waals surface area (Å²) in [4.78, 5) is 14.7. The van der Waals surface area contributed by atoms with Crippen molar-refractivity contribution >= 4 is 17.7 Å². The maximum atomic E-state index is 12.8. The summed E-state index contributed by atoms with van der Waals surface area (Å²) in [5.74, 6) is 3.40. The number of hydrogen-bond donors (Lipinski definition) is 0. The maximum absolute atomic E-state index is 12.8. The van der Waals surface area contributed by atoms with E-state index in [0.29, 0.717) is 30.2 Å². The first kappa shape index (κ1) is 20.2. The Bertz CT molecular complexity index is 824. The molecule has 0 radical (unpaired) electrons. The zero-order valence-electron chi connectivity index (χ0n) is 16.6. The molecule has 1 amide bonds. The van der Waals surface area contributed by atoms with E-state index >= 15 is 0 Å². The van der Waals surface area contributed by atoms with Crippen molar-refractivity contribution in [3.63, 3.8) is 0 Å². The van der Waals surface area contributed by atoms with Crippen LogP contribution in [0.5, 0.6) is 23.0 Å². The average molecular weight is 404 g/mol. The molecule has 1 unspecified atom stereocenters. The SMILES string of the molecule is COc1ccc(CN2C(=O)CCSC2c2ccc(OC)c(OC)c2OC)cc1. The van der Waals surface area contributed by atoms with Crippen molar-refractivity contribution in [2.75, 3.05) is 34.2 Å². The van der Waals surface area contributed by atoms with Crippen LogP contribution in [0.2, 0.25) is 0 Å². The summed E-state index contributed by atoms with van der Waals surface area (Å²) in [5.41, 5.74) is 1.94. The van der Waals surface area contributed by atoms with Gasteiger partial charge in [-0.25, -0.2) is 0 Å². The molecule has 1 aliphatic rings. The van der Waals surface area contributed by atoms with Crippen LogP contribution in [0.3, 0.4) is 0 Å². The minimum Gasteiger partial charge on any atom is -0.497 e. The van der Waals surface area contributed by atoms with Gasteiger partial charge in [-0.3, -0.25) is 4.79 Å². The molecule has 0 aromatic heterocycles. The molecular weight excluding hydrogens is 378 g/mol. The fraction of sp³-hybridized carbons (Fsp3) is 0.381. The van der Waals surface area contributed by atoms with Gasteiger partial charge < -0.3 is 23.8 Å². The number of nitrogens with zero attached hydrogens (tertiary/aromatic N) is 1. The molecule has 2 aromatic rings. The topological polar surface area (TPSA) is 57.2 Å². The molecule has 3 rings (SSSR count). The van der Waals surface area contributed by atoms with Gasteiger partial charge >= 0.3 is 0 Å². The van der Waals surface area contributed by atoms with E-state index in [2.05, 4.69) is 0 Å². The fourth-order valence-electron chi connectivity index (χ4n) is 3.30. The molecule has 2 aromatic carbocycles. The van der Waals surface area contributed by atoms with Crippen LogP contribution in [0.4, 0.5) is 0 Å². The van der Waals surface area contributed by atoms with Gasteiger partial charge in [0.25, 0.3) is 0 Å². The van der Waals surface area contributed by atoms with Crippen molar-refractivity contribution < 1.29 is 23.7 Å². The van der Waals surface area contributed by atoms with Gasteiger partial charge in [0.05, 0.1) is 28.4 Å². The number of amides is 1. The van der Waals surface area contributed by atoms with Crippen molar-refractivity contribution in [2.45, 2.75) is 18.3 Å². The highest BCUT2D eigenvalue weighted by atomic mass is 32.2. The number of ether oxygens (including phenoxy) is 4. The molecule has 0 N–H and O–H groups in total. The first-order valence-corrected chi connectivity index (χ1v) is 10.0. The standard InChI is InChI=1S/C21H25NO5S/c1-24-15-7-5-14(6-8-15)13-22-18(23)11-12-28-21(22)16-9-10-17(25-2)20(27-4)19(16)26-3/h5-10,21H,11-13H2,1-4H3. The van der Waals surface area contributed by atoms with E-state index < -0.39 is 0 Å². The zero-order chi connectivity index (χ0) is 20.1. The quantitative estimate of drug-likeness (QED) is 0.699. The predicted octanol–water partition coefficient (Wildman–Crippen LogP) is 3.89. The van der Waals surface area contributed by atoms with Crippen molar-refractivity contribution in [2.24, 2.45) is 0 Å². The second-order valence-electron chi connectivity index (χ2n) is 6.27. The number of carbonyl (C=O) groups excluding carboxylic acids is 1. The van der Waals surface area contributed by atoms with E-state index in [9.17, 15) is 4.79 Å². The summed E-state index contributed by atoms with van der Waals surface area (Å²) in [5, 5.41) is -0.168. The Kier molecular flexibility index (Phi) is 6.57. The van der Waals surface area contributed by atoms with Crippen LogP contribution < -0.4 is 18.9 Å². The third-order valence-corrected chi connectivity index (χ3v) is 5.97. The van der Waals surface area contributed by atoms with Crippen LogP contribution >= 0.6 is 11.8 Å². The normalized spacial score (nSPS) is 16.6. The summed E-state index contributed by atoms with van der Waals surface area (Å²) < 4.78 is 21.8. The molecular formula is C21H25NO5S. The Labute approximate surface area is 169 Å². The molecule has 0 spiro atoms. The summed E-state index contributed by atoms with van der Waals surface area (Å²) in [6.45, 7) is 0.512. The number of benzene rings is 2. The second-order valence-corrected chi connectivity index (χ2v) is 7.45. The Morgan fingerprint density at radius 2 is 1.64 bits per heavy atom. The fourth-order valence-corrected chi connectivity index (χ4v) is 4.55. The highest BCUT2D eigenvalue weighted by Gasteiger charge is 2.33. The number of hydrogen-bond acceptors (Lipinski definition) is 6. The van der Waals surface area contributed by atoms with E-state index in [4.69, 9.17) is 18.9 Å². The Morgan fingerprint density at radius 1 is 0.929 bits per heavy atom. The van der Waals surface area contributed by atoms with Crippen molar-refractivity contribution in [3.8, 4) is 23.0 Å². The van der Waals surface area contributed by atoms with E-state index in [1.807, 2.05) is 41.3 Å². The average Bonchev–Trinajstić information content (AvgIpc) is 2.74. The molecule has 1 atom stereocenters. The van der Waals surface area contributed by atoms with E-state index in [1.165, 1.54) is 0 Å². The van der Waals surface area contributed by atoms with Crippen LogP contribution in [-0.2, 0) is 11.3 Å². The molecule has 1 aliphatic heterocycles. The van der Waals surface area contributed by atoms with Crippen LogP contribution in [0.15, 0.2) is 36.4 Å². The summed E-state index contributed by atoms with van der Waals surface area (Å²) >= 11 is 1.72. The molecule has 7 heteroatoms. The monoisotopic (exact) mass is 403 g/mol. The second kappa shape index (κ2) is 9.10. The highest BCUT2D eigenvalue weighted by molar-refractivity contribution is 7.99. The Morgan fingerprint density at radius 3 is 2.25 bits per heavy atom. The minimum atomic E-state index is -0.168. The van der Waals surface area contributed by atoms with Crippen LogP contribution in [0, 0.1) is 0 Å². The van der Waals surface area contributed by atoms with Gasteiger partial charge in [0.1, 0.15) is 11.1 Å². The number of rotatable bonds is 7. The summed E-state index contributed by atoms with van der Waals surface area (Å²) in [6, 6.07) is 11.6. The lowest BCUT2D eigenvalue weighted by molar-refractivity contribution is -0.132. The lowest BCUT2D eigenvalue weighted by Gasteiger charge is -2.36. The third-order valence-electron chi connectivity index (χ3n) is 4.71. The molecule has 1 saturated heterocycles. The summed E-state index contributed by atoms with van der Waals surface area (Å²) in [7, 11) is 6.41. The Balaban J connectivity index is 1.97. The molecule has 0 bridgehead atoms. The van der Waals surface area contributed by atoms with Gasteiger partial charge in [-0.1, -0.05) is 12.1 Å². The summed E-state index contributed by atoms with van der Waals surface area (Å²) in [6.07, 6.45) is 0.521. The molecule has 150 valence electrons. The largest absolute Gasteiger partial charge is 0.497 e. The lowest BCUT2D eigenvalue weighted by atomic mass is 10.1. The van der Waals surface area contributed by atoms with Crippen LogP contribution in [0.25, 0.3) is 0 Å². The first-order valence-electron chi connectivity index (χ1n) is 8.95. The van der Waals surface area contributed by atoms with Gasteiger partial charge in [0, 0.05) is 24.3 Å². The molecule has 0 aliphatic carbocycles. The number of thioether (sulfide) groups is 1. The van der Waals surface area contributed by atoms with E-state index in [-0.39, 0.29) is 11.3 Å². The number of methoxy groups -OCH3 is 4. The van der Waals surface area contributed by atoms with E-state index in [0.717, 1.165) is 22.6 Å². The molecule has 1 heterocycles. The predicted molar refractivity (Wildman–Crippen MR) is 109 cm³/mol. The van der Waals surface area contributed by atoms with E-state index in [1.54, 1.807) is 40.2 Å². The van der Waals surface area contributed by atoms with Crippen LogP contribution in [0.1, 0.15) is 22.9 Å². The van der Waals surface area contributed by atoms with Gasteiger partial charge in [-0.15, -0.1) is 11.8 Å². The van der Waals surface area contributed by atoms with Gasteiger partial charge in [0.2, 0.25) is 11.7 Å². The van der Waals surface area contributed by atoms with Gasteiger partial charge in [-0.05, 0) is 29.8 Å². The van der Waals surface area contributed by atoms with Crippen molar-refractivity contribution in [1.29, 1.82) is 0 Å². The minimum absolute atomic E-state index is 0.122. The third kappa shape index (κ3) is 3.99. The van der Waals surface area contributed by atoms with Crippen molar-refractivity contribution in [3.05, 3.63) is 47.5 Å². The smallest absolute Gasteiger partial charge is 0.224 e. The number of carbonyl (C=O) groups is 1.